The molecular weight excluding hydrogens is 743 g/mol. The van der Waals surface area contributed by atoms with Crippen molar-refractivity contribution >= 4 is 5.91 Å². The van der Waals surface area contributed by atoms with Gasteiger partial charge in [0.25, 0.3) is 0 Å². The molecule has 1 aliphatic rings. The fourth-order valence-electron chi connectivity index (χ4n) is 8.77. The number of carbonyl (C=O) groups excluding carboxylic acids is 1. The molecule has 0 radical (unpaired) electrons. The van der Waals surface area contributed by atoms with Crippen molar-refractivity contribution in [1.29, 1.82) is 0 Å². The van der Waals surface area contributed by atoms with Crippen LogP contribution in [0.4, 0.5) is 0 Å². The van der Waals surface area contributed by atoms with Crippen LogP contribution in [0.1, 0.15) is 258 Å². The van der Waals surface area contributed by atoms with Crippen LogP contribution in [0.15, 0.2) is 0 Å². The first-order valence-corrected chi connectivity index (χ1v) is 25.7. The van der Waals surface area contributed by atoms with Crippen LogP contribution < -0.4 is 5.32 Å². The maximum Gasteiger partial charge on any atom is 0.220 e. The molecule has 0 aromatic rings. The second-order valence-corrected chi connectivity index (χ2v) is 18.6. The van der Waals surface area contributed by atoms with Gasteiger partial charge in [0.1, 0.15) is 24.4 Å². The molecule has 0 aromatic heterocycles. The van der Waals surface area contributed by atoms with E-state index >= 15 is 0 Å². The van der Waals surface area contributed by atoms with Gasteiger partial charge in [0.15, 0.2) is 0 Å². The van der Waals surface area contributed by atoms with Gasteiger partial charge in [-0.3, -0.25) is 4.79 Å². The highest BCUT2D eigenvalue weighted by Gasteiger charge is 2.43. The maximum atomic E-state index is 13.0. The second kappa shape index (κ2) is 40.0. The Balaban J connectivity index is 2.23. The lowest BCUT2D eigenvalue weighted by Crippen LogP contribution is -2.58. The first-order valence-electron chi connectivity index (χ1n) is 25.7. The molecule has 352 valence electrons. The molecule has 0 aromatic carbocycles. The Labute approximate surface area is 363 Å². The lowest BCUT2D eigenvalue weighted by Gasteiger charge is -2.39. The van der Waals surface area contributed by atoms with Crippen LogP contribution in [0.25, 0.3) is 0 Å². The summed E-state index contributed by atoms with van der Waals surface area (Å²) in [6, 6.07) is -0.923. The summed E-state index contributed by atoms with van der Waals surface area (Å²) in [5.41, 5.74) is 0. The Hall–Kier alpha value is -0.810. The number of nitrogens with one attached hydrogen (secondary N) is 1. The van der Waals surface area contributed by atoms with Crippen LogP contribution >= 0.6 is 0 Å². The van der Waals surface area contributed by atoms with Crippen molar-refractivity contribution in [3.8, 4) is 0 Å². The molecule has 59 heavy (non-hydrogen) atoms. The minimum absolute atomic E-state index is 0.100. The monoisotopic (exact) mass is 842 g/mol. The molecule has 8 atom stereocenters. The van der Waals surface area contributed by atoms with Crippen molar-refractivity contribution in [3.63, 3.8) is 0 Å². The Morgan fingerprint density at radius 1 is 0.492 bits per heavy atom. The van der Waals surface area contributed by atoms with Gasteiger partial charge >= 0.3 is 0 Å². The standard InChI is InChI=1S/C50H99NO8/c1-3-5-7-9-11-13-15-17-18-19-20-21-22-23-24-25-26-27-29-31-33-35-37-39-46(54)51-42(41-59-45-40-44(53)48(56)50(58)49(45)57)47(55)43(52)38-36-34-32-30-28-16-14-12-10-8-6-4-2/h42-45,47-50,52-53,55-58H,3-41H2,1-2H3,(H,51,54)/t42-,43+,44-,45-,47-,48-,49-,50-/m0/s1. The van der Waals surface area contributed by atoms with Gasteiger partial charge in [0, 0.05) is 12.8 Å². The van der Waals surface area contributed by atoms with E-state index in [9.17, 15) is 35.4 Å². The van der Waals surface area contributed by atoms with E-state index in [-0.39, 0.29) is 18.9 Å². The summed E-state index contributed by atoms with van der Waals surface area (Å²) in [6.45, 7) is 4.32. The van der Waals surface area contributed by atoms with E-state index < -0.39 is 48.8 Å². The Morgan fingerprint density at radius 3 is 1.20 bits per heavy atom. The van der Waals surface area contributed by atoms with Gasteiger partial charge in [-0.05, 0) is 12.8 Å². The number of aliphatic hydroxyl groups is 6. The Morgan fingerprint density at radius 2 is 0.831 bits per heavy atom. The first-order chi connectivity index (χ1) is 28.7. The molecule has 0 bridgehead atoms. The average molecular weight is 842 g/mol. The fourth-order valence-corrected chi connectivity index (χ4v) is 8.77. The minimum atomic E-state index is -1.57. The van der Waals surface area contributed by atoms with E-state index in [0.717, 1.165) is 38.5 Å². The third-order valence-corrected chi connectivity index (χ3v) is 13.0. The summed E-state index contributed by atoms with van der Waals surface area (Å²) < 4.78 is 5.82. The molecule has 1 saturated carbocycles. The zero-order valence-electron chi connectivity index (χ0n) is 38.7. The van der Waals surface area contributed by atoms with Gasteiger partial charge < -0.3 is 40.7 Å². The smallest absolute Gasteiger partial charge is 0.220 e. The van der Waals surface area contributed by atoms with Crippen molar-refractivity contribution in [1.82, 2.24) is 5.32 Å². The van der Waals surface area contributed by atoms with Gasteiger partial charge in [-0.2, -0.15) is 0 Å². The largest absolute Gasteiger partial charge is 0.390 e. The predicted octanol–water partition coefficient (Wildman–Crippen LogP) is 10.9. The Bertz CT molecular complexity index is 910. The topological polar surface area (TPSA) is 160 Å². The number of ether oxygens (including phenoxy) is 1. The highest BCUT2D eigenvalue weighted by Crippen LogP contribution is 2.24. The molecule has 0 spiro atoms. The lowest BCUT2D eigenvalue weighted by atomic mass is 9.87. The molecule has 7 N–H and O–H groups in total. The molecule has 0 saturated heterocycles. The third kappa shape index (κ3) is 30.8. The number of hydrogen-bond donors (Lipinski definition) is 7. The molecule has 1 fully saturated rings. The molecule has 1 aliphatic carbocycles. The quantitative estimate of drug-likeness (QED) is 0.0299. The van der Waals surface area contributed by atoms with E-state index in [1.165, 1.54) is 186 Å². The third-order valence-electron chi connectivity index (χ3n) is 13.0. The zero-order chi connectivity index (χ0) is 43.2. The van der Waals surface area contributed by atoms with Crippen molar-refractivity contribution < 1.29 is 40.2 Å². The van der Waals surface area contributed by atoms with Gasteiger partial charge in [0.05, 0.1) is 31.0 Å². The normalized spacial score (nSPS) is 21.1. The van der Waals surface area contributed by atoms with Crippen LogP contribution in [-0.2, 0) is 9.53 Å². The van der Waals surface area contributed by atoms with E-state index in [1.54, 1.807) is 0 Å². The summed E-state index contributed by atoms with van der Waals surface area (Å²) in [4.78, 5) is 13.0. The number of unbranched alkanes of at least 4 members (excludes halogenated alkanes) is 33. The van der Waals surface area contributed by atoms with Gasteiger partial charge in [-0.15, -0.1) is 0 Å². The molecule has 1 amide bonds. The fraction of sp³-hybridized carbons (Fsp3) is 0.980. The summed E-state index contributed by atoms with van der Waals surface area (Å²) in [5.74, 6) is -0.224. The lowest BCUT2D eigenvalue weighted by molar-refractivity contribution is -0.193. The van der Waals surface area contributed by atoms with E-state index in [1.807, 2.05) is 0 Å². The first kappa shape index (κ1) is 56.2. The molecule has 9 heteroatoms. The van der Waals surface area contributed by atoms with Gasteiger partial charge in [-0.1, -0.05) is 232 Å². The number of carbonyl (C=O) groups is 1. The summed E-state index contributed by atoms with van der Waals surface area (Å²) in [6.07, 6.45) is 36.3. The number of aliphatic hydroxyl groups excluding tert-OH is 6. The van der Waals surface area contributed by atoms with Crippen molar-refractivity contribution in [2.24, 2.45) is 0 Å². The van der Waals surface area contributed by atoms with Crippen LogP contribution in [0.2, 0.25) is 0 Å². The molecule has 0 heterocycles. The molecule has 9 nitrogen and oxygen atoms in total. The van der Waals surface area contributed by atoms with E-state index in [0.29, 0.717) is 12.8 Å². The highest BCUT2D eigenvalue weighted by atomic mass is 16.5. The molecule has 0 unspecified atom stereocenters. The summed E-state index contributed by atoms with van der Waals surface area (Å²) >= 11 is 0. The minimum Gasteiger partial charge on any atom is -0.390 e. The summed E-state index contributed by atoms with van der Waals surface area (Å²) in [7, 11) is 0. The van der Waals surface area contributed by atoms with E-state index in [2.05, 4.69) is 19.2 Å². The van der Waals surface area contributed by atoms with Crippen molar-refractivity contribution in [2.45, 2.75) is 307 Å². The highest BCUT2D eigenvalue weighted by molar-refractivity contribution is 5.76. The van der Waals surface area contributed by atoms with Gasteiger partial charge in [-0.25, -0.2) is 0 Å². The summed E-state index contributed by atoms with van der Waals surface area (Å²) in [5, 5.41) is 65.6. The SMILES string of the molecule is CCCCCCCCCCCCCCCCCCCCCCCCCC(=O)N[C@@H](CO[C@H]1C[C@H](O)[C@H](O)[C@H](O)[C@H]1O)[C@H](O)[C@H](O)CCCCCCCCCCCCCC. The molecular formula is C50H99NO8. The number of rotatable bonds is 43. The van der Waals surface area contributed by atoms with Gasteiger partial charge in [0.2, 0.25) is 5.91 Å². The average Bonchev–Trinajstić information content (AvgIpc) is 3.23. The zero-order valence-corrected chi connectivity index (χ0v) is 38.7. The van der Waals surface area contributed by atoms with Crippen LogP contribution in [-0.4, -0.2) is 91.9 Å². The number of hydrogen-bond acceptors (Lipinski definition) is 8. The van der Waals surface area contributed by atoms with Crippen molar-refractivity contribution in [3.05, 3.63) is 0 Å². The molecule has 0 aliphatic heterocycles. The molecule has 1 rings (SSSR count). The van der Waals surface area contributed by atoms with Crippen LogP contribution in [0.5, 0.6) is 0 Å². The maximum absolute atomic E-state index is 13.0. The Kier molecular flexibility index (Phi) is 38.1. The van der Waals surface area contributed by atoms with Crippen LogP contribution in [0, 0.1) is 0 Å². The number of amides is 1. The second-order valence-electron chi connectivity index (χ2n) is 18.6. The van der Waals surface area contributed by atoms with E-state index in [4.69, 9.17) is 4.74 Å². The van der Waals surface area contributed by atoms with Crippen molar-refractivity contribution in [2.75, 3.05) is 6.61 Å². The van der Waals surface area contributed by atoms with Crippen LogP contribution in [0.3, 0.4) is 0 Å². The predicted molar refractivity (Wildman–Crippen MR) is 245 cm³/mol.